The van der Waals surface area contributed by atoms with E-state index in [9.17, 15) is 15.2 Å². The van der Waals surface area contributed by atoms with Gasteiger partial charge in [0, 0.05) is 6.07 Å². The lowest BCUT2D eigenvalue weighted by Crippen LogP contribution is -2.53. The van der Waals surface area contributed by atoms with Gasteiger partial charge < -0.3 is 5.11 Å². The Balaban J connectivity index is 1.37. The number of aliphatic hydroxyl groups is 1. The second kappa shape index (κ2) is 7.41. The molecular weight excluding hydrogens is 402 g/mol. The SMILES string of the molecule is CC12CCC(=NNc3ccccc3[N+](=O)[O-])C=C1CCC1C2CCC2(C)C1CCC2(C)O. The summed E-state index contributed by atoms with van der Waals surface area (Å²) in [6.07, 6.45) is 10.9. The number of hydrogen-bond donors (Lipinski definition) is 2. The van der Waals surface area contributed by atoms with Crippen molar-refractivity contribution in [2.24, 2.45) is 33.7 Å². The molecule has 4 aliphatic carbocycles. The van der Waals surface area contributed by atoms with Gasteiger partial charge >= 0.3 is 0 Å². The summed E-state index contributed by atoms with van der Waals surface area (Å²) in [4.78, 5) is 10.9. The van der Waals surface area contributed by atoms with E-state index in [0.717, 1.165) is 44.2 Å². The van der Waals surface area contributed by atoms with Gasteiger partial charge in [-0.2, -0.15) is 5.10 Å². The molecule has 3 fully saturated rings. The Hall–Kier alpha value is -2.21. The summed E-state index contributed by atoms with van der Waals surface area (Å²) in [5, 5.41) is 26.9. The lowest BCUT2D eigenvalue weighted by Gasteiger charge is -2.59. The number of allylic oxidation sites excluding steroid dienone is 2. The Bertz CT molecular complexity index is 1000. The van der Waals surface area contributed by atoms with Crippen molar-refractivity contribution < 1.29 is 10.0 Å². The number of para-hydroxylation sites is 2. The maximum atomic E-state index is 11.3. The molecule has 6 atom stereocenters. The van der Waals surface area contributed by atoms with E-state index < -0.39 is 5.60 Å². The Labute approximate surface area is 190 Å². The number of hydrazone groups is 1. The third-order valence-electron chi connectivity index (χ3n) is 9.96. The highest BCUT2D eigenvalue weighted by Gasteiger charge is 2.62. The van der Waals surface area contributed by atoms with Gasteiger partial charge in [-0.1, -0.05) is 31.6 Å². The molecule has 3 saturated carbocycles. The monoisotopic (exact) mass is 437 g/mol. The van der Waals surface area contributed by atoms with Crippen molar-refractivity contribution in [3.8, 4) is 0 Å². The Morgan fingerprint density at radius 2 is 1.81 bits per heavy atom. The average molecular weight is 438 g/mol. The van der Waals surface area contributed by atoms with Crippen LogP contribution < -0.4 is 5.43 Å². The molecule has 0 aromatic heterocycles. The van der Waals surface area contributed by atoms with Crippen LogP contribution in [0.4, 0.5) is 11.4 Å². The number of anilines is 1. The first-order valence-corrected chi connectivity index (χ1v) is 12.2. The number of hydrogen-bond acceptors (Lipinski definition) is 5. The maximum Gasteiger partial charge on any atom is 0.294 e. The number of rotatable bonds is 3. The second-order valence-electron chi connectivity index (χ2n) is 11.3. The van der Waals surface area contributed by atoms with Gasteiger partial charge in [0.15, 0.2) is 0 Å². The van der Waals surface area contributed by atoms with Crippen molar-refractivity contribution in [1.82, 2.24) is 0 Å². The Morgan fingerprint density at radius 3 is 2.59 bits per heavy atom. The van der Waals surface area contributed by atoms with E-state index in [1.165, 1.54) is 24.5 Å². The summed E-state index contributed by atoms with van der Waals surface area (Å²) in [6.45, 7) is 6.86. The van der Waals surface area contributed by atoms with Crippen LogP contribution in [0.25, 0.3) is 0 Å². The lowest BCUT2D eigenvalue weighted by molar-refractivity contribution is -0.384. The summed E-state index contributed by atoms with van der Waals surface area (Å²) in [5.74, 6) is 2.01. The molecule has 1 aromatic rings. The fraction of sp³-hybridized carbons (Fsp3) is 0.654. The molecule has 0 spiro atoms. The number of fused-ring (bicyclic) bond motifs is 5. The number of nitro groups is 1. The van der Waals surface area contributed by atoms with Crippen LogP contribution in [-0.4, -0.2) is 21.3 Å². The van der Waals surface area contributed by atoms with Crippen LogP contribution in [-0.2, 0) is 0 Å². The largest absolute Gasteiger partial charge is 0.390 e. The summed E-state index contributed by atoms with van der Waals surface area (Å²) >= 11 is 0. The Kier molecular flexibility index (Phi) is 5.01. The molecule has 6 nitrogen and oxygen atoms in total. The van der Waals surface area contributed by atoms with Crippen molar-refractivity contribution in [2.45, 2.75) is 77.7 Å². The lowest BCUT2D eigenvalue weighted by atomic mass is 9.46. The predicted molar refractivity (Wildman–Crippen MR) is 126 cm³/mol. The molecule has 0 bridgehead atoms. The zero-order valence-electron chi connectivity index (χ0n) is 19.4. The minimum atomic E-state index is -0.530. The van der Waals surface area contributed by atoms with Crippen molar-refractivity contribution in [3.63, 3.8) is 0 Å². The van der Waals surface area contributed by atoms with Gasteiger partial charge in [-0.15, -0.1) is 0 Å². The van der Waals surface area contributed by atoms with E-state index in [2.05, 4.69) is 37.4 Å². The quantitative estimate of drug-likeness (QED) is 0.443. The molecule has 0 aliphatic heterocycles. The van der Waals surface area contributed by atoms with Crippen LogP contribution in [0.15, 0.2) is 41.0 Å². The van der Waals surface area contributed by atoms with Crippen LogP contribution in [0.2, 0.25) is 0 Å². The zero-order chi connectivity index (χ0) is 22.7. The van der Waals surface area contributed by atoms with Crippen molar-refractivity contribution >= 4 is 17.1 Å². The van der Waals surface area contributed by atoms with Gasteiger partial charge in [0.2, 0.25) is 0 Å². The molecule has 32 heavy (non-hydrogen) atoms. The van der Waals surface area contributed by atoms with Gasteiger partial charge in [0.1, 0.15) is 5.69 Å². The third-order valence-corrected chi connectivity index (χ3v) is 9.96. The summed E-state index contributed by atoms with van der Waals surface area (Å²) < 4.78 is 0. The van der Waals surface area contributed by atoms with E-state index in [-0.39, 0.29) is 21.4 Å². The smallest absolute Gasteiger partial charge is 0.294 e. The van der Waals surface area contributed by atoms with Gasteiger partial charge in [-0.05, 0) is 99.0 Å². The molecule has 0 amide bonds. The van der Waals surface area contributed by atoms with Crippen molar-refractivity contribution in [3.05, 3.63) is 46.0 Å². The van der Waals surface area contributed by atoms with E-state index in [1.54, 1.807) is 18.2 Å². The first kappa shape index (κ1) is 21.6. The van der Waals surface area contributed by atoms with Crippen molar-refractivity contribution in [2.75, 3.05) is 5.43 Å². The standard InChI is InChI=1S/C26H35N3O3/c1-24-13-10-18(27-28-22-6-4-5-7-23(22)29(31)32)16-17(24)8-9-19-20(24)11-14-25(2)21(19)12-15-26(25,3)30/h4-7,16,19-21,28,30H,8-15H2,1-3H3. The highest BCUT2D eigenvalue weighted by atomic mass is 16.6. The van der Waals surface area contributed by atoms with E-state index >= 15 is 0 Å². The molecule has 0 saturated heterocycles. The predicted octanol–water partition coefficient (Wildman–Crippen LogP) is 6.08. The summed E-state index contributed by atoms with van der Waals surface area (Å²) in [7, 11) is 0. The zero-order valence-corrected chi connectivity index (χ0v) is 19.4. The van der Waals surface area contributed by atoms with Crippen LogP contribution in [0.5, 0.6) is 0 Å². The molecule has 6 unspecified atom stereocenters. The molecule has 172 valence electrons. The number of nitro benzene ring substituents is 1. The van der Waals surface area contributed by atoms with Gasteiger partial charge in [0.05, 0.1) is 16.2 Å². The molecule has 1 aromatic carbocycles. The second-order valence-corrected chi connectivity index (χ2v) is 11.3. The van der Waals surface area contributed by atoms with E-state index in [4.69, 9.17) is 0 Å². The number of nitrogens with one attached hydrogen (secondary N) is 1. The number of nitrogens with zero attached hydrogens (tertiary/aromatic N) is 2. The molecule has 0 radical (unpaired) electrons. The summed E-state index contributed by atoms with van der Waals surface area (Å²) in [5.41, 5.74) is 5.64. The minimum absolute atomic E-state index is 0.0448. The Morgan fingerprint density at radius 1 is 1.06 bits per heavy atom. The highest BCUT2D eigenvalue weighted by molar-refractivity contribution is 5.97. The molecular formula is C26H35N3O3. The van der Waals surface area contributed by atoms with Gasteiger partial charge in [-0.3, -0.25) is 15.5 Å². The molecule has 6 heteroatoms. The topological polar surface area (TPSA) is 87.8 Å². The highest BCUT2D eigenvalue weighted by Crippen LogP contribution is 2.67. The maximum absolute atomic E-state index is 11.3. The normalized spacial score (nSPS) is 41.9. The summed E-state index contributed by atoms with van der Waals surface area (Å²) in [6, 6.07) is 6.65. The molecule has 0 heterocycles. The molecule has 4 aliphatic rings. The number of benzene rings is 1. The van der Waals surface area contributed by atoms with Gasteiger partial charge in [-0.25, -0.2) is 0 Å². The van der Waals surface area contributed by atoms with Crippen LogP contribution in [0.1, 0.15) is 72.1 Å². The van der Waals surface area contributed by atoms with Gasteiger partial charge in [0.25, 0.3) is 5.69 Å². The first-order chi connectivity index (χ1) is 15.2. The van der Waals surface area contributed by atoms with E-state index in [1.807, 2.05) is 0 Å². The van der Waals surface area contributed by atoms with Crippen LogP contribution in [0.3, 0.4) is 0 Å². The average Bonchev–Trinajstić information content (AvgIpc) is 3.01. The fourth-order valence-corrected chi connectivity index (χ4v) is 7.76. The molecule has 2 N–H and O–H groups in total. The molecule has 5 rings (SSSR count). The van der Waals surface area contributed by atoms with Crippen LogP contribution in [0, 0.1) is 38.7 Å². The first-order valence-electron chi connectivity index (χ1n) is 12.2. The fourth-order valence-electron chi connectivity index (χ4n) is 7.76. The van der Waals surface area contributed by atoms with Crippen LogP contribution >= 0.6 is 0 Å². The third kappa shape index (κ3) is 3.13. The van der Waals surface area contributed by atoms with E-state index in [0.29, 0.717) is 23.4 Å². The van der Waals surface area contributed by atoms with Crippen molar-refractivity contribution in [1.29, 1.82) is 0 Å². The minimum Gasteiger partial charge on any atom is -0.390 e.